The molecule has 4 rings (SSSR count). The number of halogens is 4. The van der Waals surface area contributed by atoms with Gasteiger partial charge in [0.15, 0.2) is 0 Å². The number of rotatable bonds is 9. The van der Waals surface area contributed by atoms with Crippen molar-refractivity contribution >= 4 is 58.1 Å². The Bertz CT molecular complexity index is 1460. The van der Waals surface area contributed by atoms with E-state index in [1.165, 1.54) is 29.0 Å². The van der Waals surface area contributed by atoms with Crippen molar-refractivity contribution in [1.82, 2.24) is 5.32 Å². The van der Waals surface area contributed by atoms with Crippen molar-refractivity contribution in [2.24, 2.45) is 0 Å². The fraction of sp³-hybridized carbons (Fsp3) is 0.233. The van der Waals surface area contributed by atoms with Gasteiger partial charge in [0.05, 0.1) is 23.1 Å². The zero-order chi connectivity index (χ0) is 29.6. The molecule has 214 valence electrons. The first-order chi connectivity index (χ1) is 19.5. The summed E-state index contributed by atoms with van der Waals surface area (Å²) in [6.45, 7) is -1.22. The summed E-state index contributed by atoms with van der Waals surface area (Å²) in [5.74, 6) is -7.25. The summed E-state index contributed by atoms with van der Waals surface area (Å²) in [5.41, 5.74) is 4.17. The van der Waals surface area contributed by atoms with Crippen LogP contribution in [0, 0.1) is 0 Å². The molecule has 0 fully saturated rings. The first-order valence-electron chi connectivity index (χ1n) is 12.8. The fourth-order valence-electron chi connectivity index (χ4n) is 4.31. The van der Waals surface area contributed by atoms with Gasteiger partial charge in [-0.25, -0.2) is 9.59 Å². The highest BCUT2D eigenvalue weighted by Gasteiger charge is 2.39. The molecule has 7 nitrogen and oxygen atoms in total. The number of allylic oxidation sites excluding steroid dienone is 2. The summed E-state index contributed by atoms with van der Waals surface area (Å²) in [7, 11) is 0. The van der Waals surface area contributed by atoms with Crippen LogP contribution in [0.25, 0.3) is 5.57 Å². The van der Waals surface area contributed by atoms with Crippen LogP contribution in [0.1, 0.15) is 47.2 Å². The molecule has 11 heteroatoms. The van der Waals surface area contributed by atoms with Crippen LogP contribution in [0.4, 0.5) is 25.0 Å². The second-order valence-electron chi connectivity index (χ2n) is 9.56. The average Bonchev–Trinajstić information content (AvgIpc) is 2.97. The molecule has 1 aliphatic carbocycles. The Morgan fingerprint density at radius 1 is 0.927 bits per heavy atom. The number of hydrogen-bond donors (Lipinski definition) is 3. The minimum absolute atomic E-state index is 0.0619. The van der Waals surface area contributed by atoms with Gasteiger partial charge in [0.1, 0.15) is 0 Å². The topological polar surface area (TPSA) is 98.7 Å². The summed E-state index contributed by atoms with van der Waals surface area (Å²) in [6, 6.07) is 18.0. The van der Waals surface area contributed by atoms with Crippen LogP contribution in [0.3, 0.4) is 0 Å². The minimum atomic E-state index is -4.08. The fourth-order valence-corrected chi connectivity index (χ4v) is 4.61. The van der Waals surface area contributed by atoms with Crippen molar-refractivity contribution in [3.8, 4) is 0 Å². The number of aliphatic carboxylic acids is 1. The lowest BCUT2D eigenvalue weighted by Gasteiger charge is -2.24. The van der Waals surface area contributed by atoms with E-state index in [1.807, 2.05) is 29.6 Å². The zero-order valence-corrected chi connectivity index (χ0v) is 23.3. The lowest BCUT2D eigenvalue weighted by Crippen LogP contribution is -2.42. The monoisotopic (exact) mass is 601 g/mol. The second kappa shape index (κ2) is 13.1. The number of hydrogen-bond acceptors (Lipinski definition) is 3. The van der Waals surface area contributed by atoms with Crippen LogP contribution in [0.2, 0.25) is 10.0 Å². The quantitative estimate of drug-likeness (QED) is 0.235. The molecule has 0 aromatic heterocycles. The molecule has 3 aromatic rings. The minimum Gasteiger partial charge on any atom is -0.477 e. The number of alkyl halides is 2. The Hall–Kier alpha value is -3.95. The van der Waals surface area contributed by atoms with Gasteiger partial charge < -0.3 is 15.7 Å². The first kappa shape index (κ1) is 30.0. The van der Waals surface area contributed by atoms with Crippen LogP contribution >= 0.6 is 23.2 Å². The van der Waals surface area contributed by atoms with Gasteiger partial charge in [-0.15, -0.1) is 0 Å². The Balaban J connectivity index is 1.53. The zero-order valence-electron chi connectivity index (χ0n) is 21.8. The predicted octanol–water partition coefficient (Wildman–Crippen LogP) is 7.64. The van der Waals surface area contributed by atoms with Crippen molar-refractivity contribution in [3.63, 3.8) is 0 Å². The molecule has 41 heavy (non-hydrogen) atoms. The van der Waals surface area contributed by atoms with E-state index in [0.29, 0.717) is 22.0 Å². The van der Waals surface area contributed by atoms with Gasteiger partial charge in [-0.2, -0.15) is 8.78 Å². The first-order valence-corrected chi connectivity index (χ1v) is 13.6. The third-order valence-electron chi connectivity index (χ3n) is 6.60. The molecular weight excluding hydrogens is 575 g/mol. The number of carboxylic acid groups (broad SMARTS) is 1. The van der Waals surface area contributed by atoms with Crippen LogP contribution in [-0.2, 0) is 11.3 Å². The smallest absolute Gasteiger partial charge is 0.376 e. The van der Waals surface area contributed by atoms with Gasteiger partial charge in [-0.1, -0.05) is 53.5 Å². The van der Waals surface area contributed by atoms with E-state index in [9.17, 15) is 23.2 Å². The maximum atomic E-state index is 13.5. The SMILES string of the molecule is O=C(NCC(F)(F)C(=O)O)c1ccc(CN(C(=O)Nc2ccc(Cl)c(Cl)c2)c2ccc(C3=CCCCC3)cc2)cc1. The summed E-state index contributed by atoms with van der Waals surface area (Å²) in [4.78, 5) is 37.8. The Morgan fingerprint density at radius 2 is 1.63 bits per heavy atom. The normalized spacial score (nSPS) is 13.2. The third kappa shape index (κ3) is 7.83. The largest absolute Gasteiger partial charge is 0.477 e. The van der Waals surface area contributed by atoms with Crippen LogP contribution in [-0.4, -0.2) is 35.5 Å². The summed E-state index contributed by atoms with van der Waals surface area (Å²) in [6.07, 6.45) is 6.62. The van der Waals surface area contributed by atoms with E-state index < -0.39 is 30.4 Å². The van der Waals surface area contributed by atoms with Gasteiger partial charge in [-0.3, -0.25) is 9.69 Å². The number of benzene rings is 3. The van der Waals surface area contributed by atoms with Crippen molar-refractivity contribution in [3.05, 3.63) is 99.5 Å². The number of amides is 3. The van der Waals surface area contributed by atoms with E-state index in [0.717, 1.165) is 24.8 Å². The van der Waals surface area contributed by atoms with Crippen molar-refractivity contribution in [1.29, 1.82) is 0 Å². The Labute approximate surface area is 245 Å². The number of anilines is 2. The predicted molar refractivity (Wildman–Crippen MR) is 156 cm³/mol. The molecule has 1 aliphatic rings. The number of carbonyl (C=O) groups is 3. The molecule has 0 saturated heterocycles. The third-order valence-corrected chi connectivity index (χ3v) is 7.34. The van der Waals surface area contributed by atoms with Gasteiger partial charge in [0.2, 0.25) is 0 Å². The number of carboxylic acids is 1. The van der Waals surface area contributed by atoms with E-state index in [4.69, 9.17) is 28.3 Å². The van der Waals surface area contributed by atoms with Crippen molar-refractivity contribution < 1.29 is 28.3 Å². The second-order valence-corrected chi connectivity index (χ2v) is 10.4. The van der Waals surface area contributed by atoms with Crippen molar-refractivity contribution in [2.75, 3.05) is 16.8 Å². The molecule has 3 N–H and O–H groups in total. The summed E-state index contributed by atoms with van der Waals surface area (Å²) in [5, 5.41) is 13.9. The lowest BCUT2D eigenvalue weighted by molar-refractivity contribution is -0.163. The van der Waals surface area contributed by atoms with Gasteiger partial charge >= 0.3 is 17.9 Å². The van der Waals surface area contributed by atoms with E-state index in [2.05, 4.69) is 11.4 Å². The lowest BCUT2D eigenvalue weighted by atomic mass is 9.93. The number of nitrogens with one attached hydrogen (secondary N) is 2. The highest BCUT2D eigenvalue weighted by Crippen LogP contribution is 2.30. The number of nitrogens with zero attached hydrogens (tertiary/aromatic N) is 1. The standard InChI is InChI=1S/C30H27Cl2F2N3O4/c31-25-15-12-23(16-26(25)32)36-29(41)37(24-13-10-21(11-14-24)20-4-2-1-3-5-20)17-19-6-8-22(9-7-19)27(38)35-18-30(33,34)28(39)40/h4,6-16H,1-3,5,17-18H2,(H,35,38)(H,36,41)(H,39,40). The van der Waals surface area contributed by atoms with E-state index >= 15 is 0 Å². The molecule has 0 aliphatic heterocycles. The highest BCUT2D eigenvalue weighted by molar-refractivity contribution is 6.42. The molecule has 0 spiro atoms. The van der Waals surface area contributed by atoms with Crippen LogP contribution in [0.15, 0.2) is 72.8 Å². The molecule has 0 unspecified atom stereocenters. The van der Waals surface area contributed by atoms with E-state index in [1.54, 1.807) is 30.3 Å². The van der Waals surface area contributed by atoms with E-state index in [-0.39, 0.29) is 17.1 Å². The average molecular weight is 602 g/mol. The molecule has 0 heterocycles. The van der Waals surface area contributed by atoms with Crippen molar-refractivity contribution in [2.45, 2.75) is 38.2 Å². The molecule has 0 radical (unpaired) electrons. The Kier molecular flexibility index (Phi) is 9.62. The molecular formula is C30H27Cl2F2N3O4. The van der Waals surface area contributed by atoms with Gasteiger partial charge in [0, 0.05) is 16.9 Å². The molecule has 0 atom stereocenters. The summed E-state index contributed by atoms with van der Waals surface area (Å²) >= 11 is 12.1. The number of carbonyl (C=O) groups excluding carboxylic acids is 2. The number of urea groups is 1. The summed E-state index contributed by atoms with van der Waals surface area (Å²) < 4.78 is 26.6. The maximum Gasteiger partial charge on any atom is 0.376 e. The molecule has 0 bridgehead atoms. The highest BCUT2D eigenvalue weighted by atomic mass is 35.5. The van der Waals surface area contributed by atoms with Crippen LogP contribution in [0.5, 0.6) is 0 Å². The van der Waals surface area contributed by atoms with Gasteiger partial charge in [-0.05, 0) is 84.8 Å². The molecule has 3 aromatic carbocycles. The van der Waals surface area contributed by atoms with Crippen LogP contribution < -0.4 is 15.5 Å². The molecule has 3 amide bonds. The van der Waals surface area contributed by atoms with Gasteiger partial charge in [0.25, 0.3) is 5.91 Å². The molecule has 0 saturated carbocycles. The Morgan fingerprint density at radius 3 is 2.24 bits per heavy atom. The maximum absolute atomic E-state index is 13.5.